The first-order valence-corrected chi connectivity index (χ1v) is 6.77. The Kier molecular flexibility index (Phi) is 3.02. The van der Waals surface area contributed by atoms with Gasteiger partial charge in [0.05, 0.1) is 0 Å². The molecule has 0 saturated carbocycles. The van der Waals surface area contributed by atoms with E-state index in [9.17, 15) is 0 Å². The summed E-state index contributed by atoms with van der Waals surface area (Å²) in [6, 6.07) is 14.3. The smallest absolute Gasteiger partial charge is 0.170 e. The van der Waals surface area contributed by atoms with Crippen molar-refractivity contribution in [2.75, 3.05) is 0 Å². The molecule has 0 fully saturated rings. The second kappa shape index (κ2) is 4.82. The Morgan fingerprint density at radius 2 is 1.94 bits per heavy atom. The van der Waals surface area contributed by atoms with E-state index in [1.807, 2.05) is 29.8 Å². The minimum absolute atomic E-state index is 0.929. The van der Waals surface area contributed by atoms with Gasteiger partial charge in [-0.05, 0) is 17.7 Å². The lowest BCUT2D eigenvalue weighted by atomic mass is 10.2. The Labute approximate surface area is 110 Å². The van der Waals surface area contributed by atoms with Crippen molar-refractivity contribution in [1.29, 1.82) is 0 Å². The molecule has 0 saturated heterocycles. The molecule has 2 heterocycles. The molecule has 0 amide bonds. The summed E-state index contributed by atoms with van der Waals surface area (Å²) >= 11 is 1.74. The molecule has 0 aliphatic carbocycles. The lowest BCUT2D eigenvalue weighted by Crippen LogP contribution is -1.92. The summed E-state index contributed by atoms with van der Waals surface area (Å²) < 4.78 is 2.04. The molecule has 3 rings (SSSR count). The van der Waals surface area contributed by atoms with Crippen molar-refractivity contribution in [3.8, 4) is 0 Å². The first kappa shape index (κ1) is 11.3. The number of imidazole rings is 1. The fourth-order valence-electron chi connectivity index (χ4n) is 1.85. The van der Waals surface area contributed by atoms with E-state index < -0.39 is 0 Å². The Hall–Kier alpha value is -1.81. The second-order valence-corrected chi connectivity index (χ2v) is 5.02. The fourth-order valence-corrected chi connectivity index (χ4v) is 2.79. The first-order chi connectivity index (χ1) is 8.84. The number of rotatable bonds is 3. The van der Waals surface area contributed by atoms with Gasteiger partial charge in [0.15, 0.2) is 10.8 Å². The number of hydrogen-bond donors (Lipinski definition) is 0. The summed E-state index contributed by atoms with van der Waals surface area (Å²) in [6.45, 7) is 0. The molecular weight excluding hydrogens is 242 g/mol. The standard InChI is InChI=1S/C14H13N3S/c1-17-13-12(8-5-9-15-13)16-14(17)18-10-11-6-3-2-4-7-11/h2-9H,10H2,1H3. The van der Waals surface area contributed by atoms with Crippen LogP contribution in [0.25, 0.3) is 11.2 Å². The quantitative estimate of drug-likeness (QED) is 0.673. The zero-order chi connectivity index (χ0) is 12.4. The van der Waals surface area contributed by atoms with E-state index in [-0.39, 0.29) is 0 Å². The monoisotopic (exact) mass is 255 g/mol. The van der Waals surface area contributed by atoms with E-state index in [0.717, 1.165) is 22.1 Å². The Balaban J connectivity index is 1.85. The van der Waals surface area contributed by atoms with Gasteiger partial charge in [-0.2, -0.15) is 0 Å². The summed E-state index contributed by atoms with van der Waals surface area (Å²) in [4.78, 5) is 8.93. The van der Waals surface area contributed by atoms with Crippen LogP contribution in [0.4, 0.5) is 0 Å². The molecule has 0 atom stereocenters. The number of hydrogen-bond acceptors (Lipinski definition) is 3. The number of nitrogens with zero attached hydrogens (tertiary/aromatic N) is 3. The number of pyridine rings is 1. The van der Waals surface area contributed by atoms with Crippen LogP contribution in [0.1, 0.15) is 5.56 Å². The van der Waals surface area contributed by atoms with Crippen LogP contribution in [0, 0.1) is 0 Å². The minimum Gasteiger partial charge on any atom is -0.307 e. The molecule has 0 radical (unpaired) electrons. The summed E-state index contributed by atoms with van der Waals surface area (Å²) in [7, 11) is 2.01. The number of thioether (sulfide) groups is 1. The van der Waals surface area contributed by atoms with E-state index in [1.165, 1.54) is 5.56 Å². The molecule has 3 nitrogen and oxygen atoms in total. The number of benzene rings is 1. The number of aryl methyl sites for hydroxylation is 1. The molecule has 2 aromatic heterocycles. The molecule has 0 N–H and O–H groups in total. The predicted molar refractivity (Wildman–Crippen MR) is 74.5 cm³/mol. The normalized spacial score (nSPS) is 10.9. The highest BCUT2D eigenvalue weighted by atomic mass is 32.2. The van der Waals surface area contributed by atoms with E-state index in [1.54, 1.807) is 18.0 Å². The molecule has 0 unspecified atom stereocenters. The summed E-state index contributed by atoms with van der Waals surface area (Å²) in [5, 5.41) is 1.01. The zero-order valence-corrected chi connectivity index (χ0v) is 10.9. The fraction of sp³-hybridized carbons (Fsp3) is 0.143. The largest absolute Gasteiger partial charge is 0.307 e. The maximum absolute atomic E-state index is 4.59. The van der Waals surface area contributed by atoms with Crippen LogP contribution in [-0.2, 0) is 12.8 Å². The minimum atomic E-state index is 0.929. The summed E-state index contributed by atoms with van der Waals surface area (Å²) in [6.07, 6.45) is 1.80. The van der Waals surface area contributed by atoms with Gasteiger partial charge in [-0.15, -0.1) is 0 Å². The lowest BCUT2D eigenvalue weighted by Gasteiger charge is -2.01. The third-order valence-electron chi connectivity index (χ3n) is 2.80. The molecule has 0 spiro atoms. The van der Waals surface area contributed by atoms with Crippen molar-refractivity contribution < 1.29 is 0 Å². The van der Waals surface area contributed by atoms with Gasteiger partial charge in [0.1, 0.15) is 5.52 Å². The van der Waals surface area contributed by atoms with Crippen LogP contribution in [0.3, 0.4) is 0 Å². The highest BCUT2D eigenvalue weighted by Crippen LogP contribution is 2.24. The first-order valence-electron chi connectivity index (χ1n) is 5.79. The van der Waals surface area contributed by atoms with E-state index in [0.29, 0.717) is 0 Å². The van der Waals surface area contributed by atoms with Gasteiger partial charge < -0.3 is 4.57 Å². The molecule has 0 aliphatic rings. The average molecular weight is 255 g/mol. The third-order valence-corrected chi connectivity index (χ3v) is 3.90. The van der Waals surface area contributed by atoms with Gasteiger partial charge in [-0.3, -0.25) is 0 Å². The Bertz CT molecular complexity index is 661. The molecule has 1 aromatic carbocycles. The Morgan fingerprint density at radius 3 is 2.72 bits per heavy atom. The maximum Gasteiger partial charge on any atom is 0.170 e. The topological polar surface area (TPSA) is 30.7 Å². The molecule has 4 heteroatoms. The van der Waals surface area contributed by atoms with Crippen molar-refractivity contribution >= 4 is 22.9 Å². The van der Waals surface area contributed by atoms with Gasteiger partial charge >= 0.3 is 0 Å². The molecule has 0 aliphatic heterocycles. The van der Waals surface area contributed by atoms with Gasteiger partial charge in [0.2, 0.25) is 0 Å². The van der Waals surface area contributed by atoms with Crippen LogP contribution in [0.15, 0.2) is 53.8 Å². The van der Waals surface area contributed by atoms with E-state index in [4.69, 9.17) is 0 Å². The zero-order valence-electron chi connectivity index (χ0n) is 10.1. The molecule has 90 valence electrons. The molecule has 18 heavy (non-hydrogen) atoms. The van der Waals surface area contributed by atoms with E-state index >= 15 is 0 Å². The van der Waals surface area contributed by atoms with Gasteiger partial charge in [0.25, 0.3) is 0 Å². The highest BCUT2D eigenvalue weighted by Gasteiger charge is 2.08. The number of fused-ring (bicyclic) bond motifs is 1. The van der Waals surface area contributed by atoms with Crippen LogP contribution < -0.4 is 0 Å². The predicted octanol–water partition coefficient (Wildman–Crippen LogP) is 3.26. The SMILES string of the molecule is Cn1c(SCc2ccccc2)nc2cccnc21. The molecular formula is C14H13N3S. The van der Waals surface area contributed by atoms with Crippen LogP contribution in [0.5, 0.6) is 0 Å². The van der Waals surface area contributed by atoms with Crippen molar-refractivity contribution in [3.63, 3.8) is 0 Å². The second-order valence-electron chi connectivity index (χ2n) is 4.07. The van der Waals surface area contributed by atoms with E-state index in [2.05, 4.69) is 34.2 Å². The maximum atomic E-state index is 4.59. The van der Waals surface area contributed by atoms with Gasteiger partial charge in [-0.1, -0.05) is 42.1 Å². The third kappa shape index (κ3) is 2.11. The highest BCUT2D eigenvalue weighted by molar-refractivity contribution is 7.98. The van der Waals surface area contributed by atoms with Crippen molar-refractivity contribution in [1.82, 2.24) is 14.5 Å². The lowest BCUT2D eigenvalue weighted by molar-refractivity contribution is 0.806. The summed E-state index contributed by atoms with van der Waals surface area (Å²) in [5.74, 6) is 0.929. The summed E-state index contributed by atoms with van der Waals surface area (Å²) in [5.41, 5.74) is 3.20. The van der Waals surface area contributed by atoms with Crippen LogP contribution in [-0.4, -0.2) is 14.5 Å². The van der Waals surface area contributed by atoms with Crippen LogP contribution >= 0.6 is 11.8 Å². The van der Waals surface area contributed by atoms with Crippen molar-refractivity contribution in [3.05, 3.63) is 54.2 Å². The van der Waals surface area contributed by atoms with Gasteiger partial charge in [-0.25, -0.2) is 9.97 Å². The molecule has 0 bridgehead atoms. The number of aromatic nitrogens is 3. The van der Waals surface area contributed by atoms with Crippen molar-refractivity contribution in [2.24, 2.45) is 7.05 Å². The van der Waals surface area contributed by atoms with Crippen LogP contribution in [0.2, 0.25) is 0 Å². The Morgan fingerprint density at radius 1 is 1.11 bits per heavy atom. The average Bonchev–Trinajstić information content (AvgIpc) is 2.75. The molecule has 3 aromatic rings. The van der Waals surface area contributed by atoms with Crippen molar-refractivity contribution in [2.45, 2.75) is 10.9 Å². The van der Waals surface area contributed by atoms with Gasteiger partial charge in [0, 0.05) is 19.0 Å².